The minimum absolute atomic E-state index is 0.218. The number of rotatable bonds is 3. The number of anilines is 1. The lowest BCUT2D eigenvalue weighted by Gasteiger charge is -2.22. The molecule has 1 amide bonds. The van der Waals surface area contributed by atoms with Crippen LogP contribution in [0.15, 0.2) is 103 Å². The summed E-state index contributed by atoms with van der Waals surface area (Å²) in [6.07, 6.45) is 0. The lowest BCUT2D eigenvalue weighted by molar-refractivity contribution is -0.113. The molecule has 0 fully saturated rings. The summed E-state index contributed by atoms with van der Waals surface area (Å²) in [5.74, 6) is 5.59. The maximum absolute atomic E-state index is 13.1. The molecule has 0 aliphatic rings. The van der Waals surface area contributed by atoms with Crippen molar-refractivity contribution in [2.45, 2.75) is 6.54 Å². The highest BCUT2D eigenvalue weighted by Gasteiger charge is 2.17. The van der Waals surface area contributed by atoms with E-state index in [9.17, 15) is 4.79 Å². The van der Waals surface area contributed by atoms with E-state index in [1.54, 1.807) is 4.90 Å². The molecule has 0 N–H and O–H groups in total. The lowest BCUT2D eigenvalue weighted by atomic mass is 10.1. The normalized spacial score (nSPS) is 10.1. The summed E-state index contributed by atoms with van der Waals surface area (Å²) in [5.41, 5.74) is 2.76. The number of nitrogens with zero attached hydrogens (tertiary/aromatic N) is 1. The van der Waals surface area contributed by atoms with Crippen molar-refractivity contribution in [3.63, 3.8) is 0 Å². The van der Waals surface area contributed by atoms with Crippen LogP contribution in [0.3, 0.4) is 0 Å². The average Bonchev–Trinajstić information content (AvgIpc) is 2.77. The molecule has 4 aromatic carbocycles. The second kappa shape index (κ2) is 8.24. The third kappa shape index (κ3) is 3.95. The first-order chi connectivity index (χ1) is 13.8. The van der Waals surface area contributed by atoms with Crippen molar-refractivity contribution < 1.29 is 4.79 Å². The predicted molar refractivity (Wildman–Crippen MR) is 115 cm³/mol. The third-order valence-corrected chi connectivity index (χ3v) is 4.57. The number of fused-ring (bicyclic) bond motifs is 1. The third-order valence-electron chi connectivity index (χ3n) is 4.57. The molecule has 0 heterocycles. The minimum atomic E-state index is -0.218. The Labute approximate surface area is 165 Å². The Hall–Kier alpha value is -3.83. The smallest absolute Gasteiger partial charge is 0.297 e. The average molecular weight is 361 g/mol. The summed E-state index contributed by atoms with van der Waals surface area (Å²) >= 11 is 0. The fourth-order valence-corrected chi connectivity index (χ4v) is 3.19. The maximum atomic E-state index is 13.1. The van der Waals surface area contributed by atoms with Crippen LogP contribution in [0.4, 0.5) is 5.69 Å². The van der Waals surface area contributed by atoms with Crippen molar-refractivity contribution in [1.82, 2.24) is 0 Å². The number of benzene rings is 4. The zero-order valence-corrected chi connectivity index (χ0v) is 15.4. The van der Waals surface area contributed by atoms with Crippen molar-refractivity contribution >= 4 is 22.4 Å². The van der Waals surface area contributed by atoms with Gasteiger partial charge in [0.05, 0.1) is 12.2 Å². The summed E-state index contributed by atoms with van der Waals surface area (Å²) in [5, 5.41) is 2.14. The summed E-state index contributed by atoms with van der Waals surface area (Å²) < 4.78 is 0. The second-order valence-corrected chi connectivity index (χ2v) is 6.49. The summed E-state index contributed by atoms with van der Waals surface area (Å²) in [4.78, 5) is 14.9. The molecule has 0 aliphatic heterocycles. The van der Waals surface area contributed by atoms with Crippen LogP contribution in [-0.4, -0.2) is 5.91 Å². The second-order valence-electron chi connectivity index (χ2n) is 6.49. The van der Waals surface area contributed by atoms with Gasteiger partial charge in [-0.15, -0.1) is 0 Å². The molecule has 0 aromatic heterocycles. The predicted octanol–water partition coefficient (Wildman–Crippen LogP) is 5.42. The number of hydrogen-bond donors (Lipinski definition) is 0. The molecule has 0 radical (unpaired) electrons. The highest BCUT2D eigenvalue weighted by atomic mass is 16.2. The fraction of sp³-hybridized carbons (Fsp3) is 0.0385. The number of carbonyl (C=O) groups excluding carboxylic acids is 1. The molecule has 28 heavy (non-hydrogen) atoms. The van der Waals surface area contributed by atoms with Crippen LogP contribution in [0.2, 0.25) is 0 Å². The van der Waals surface area contributed by atoms with Gasteiger partial charge in [-0.2, -0.15) is 0 Å². The van der Waals surface area contributed by atoms with Crippen LogP contribution in [0.25, 0.3) is 10.8 Å². The molecule has 2 nitrogen and oxygen atoms in total. The van der Waals surface area contributed by atoms with Gasteiger partial charge < -0.3 is 0 Å². The van der Waals surface area contributed by atoms with Crippen LogP contribution < -0.4 is 4.90 Å². The molecule has 0 saturated carbocycles. The fourth-order valence-electron chi connectivity index (χ4n) is 3.19. The summed E-state index contributed by atoms with van der Waals surface area (Å²) in [7, 11) is 0. The highest BCUT2D eigenvalue weighted by molar-refractivity contribution is 6.10. The molecular weight excluding hydrogens is 342 g/mol. The summed E-state index contributed by atoms with van der Waals surface area (Å²) in [6.45, 7) is 0.469. The first-order valence-corrected chi connectivity index (χ1v) is 9.21. The van der Waals surface area contributed by atoms with E-state index in [2.05, 4.69) is 24.0 Å². The van der Waals surface area contributed by atoms with Gasteiger partial charge in [-0.3, -0.25) is 9.69 Å². The molecule has 0 bridgehead atoms. The Bertz CT molecular complexity index is 1150. The summed E-state index contributed by atoms with van der Waals surface area (Å²) in [6, 6.07) is 33.7. The molecule has 0 aliphatic carbocycles. The topological polar surface area (TPSA) is 20.3 Å². The monoisotopic (exact) mass is 361 g/mol. The SMILES string of the molecule is O=C(C#Cc1ccccc1)N(Cc1ccccc1)c1cccc2ccccc12. The quantitative estimate of drug-likeness (QED) is 0.446. The zero-order valence-electron chi connectivity index (χ0n) is 15.4. The molecule has 0 atom stereocenters. The van der Waals surface area contributed by atoms with Crippen molar-refractivity contribution in [3.8, 4) is 11.8 Å². The van der Waals surface area contributed by atoms with Crippen LogP contribution in [0.5, 0.6) is 0 Å². The minimum Gasteiger partial charge on any atom is -0.297 e. The van der Waals surface area contributed by atoms with Crippen molar-refractivity contribution in [2.24, 2.45) is 0 Å². The van der Waals surface area contributed by atoms with Crippen molar-refractivity contribution in [2.75, 3.05) is 4.90 Å². The Morgan fingerprint density at radius 3 is 2.14 bits per heavy atom. The van der Waals surface area contributed by atoms with Crippen LogP contribution in [0.1, 0.15) is 11.1 Å². The Kier molecular flexibility index (Phi) is 5.17. The maximum Gasteiger partial charge on any atom is 0.303 e. The van der Waals surface area contributed by atoms with Gasteiger partial charge >= 0.3 is 5.91 Å². The molecule has 0 unspecified atom stereocenters. The van der Waals surface area contributed by atoms with Gasteiger partial charge in [-0.25, -0.2) is 0 Å². The first kappa shape index (κ1) is 17.6. The molecule has 4 rings (SSSR count). The zero-order chi connectivity index (χ0) is 19.2. The Balaban J connectivity index is 1.76. The molecular formula is C26H19NO. The Morgan fingerprint density at radius 1 is 0.714 bits per heavy atom. The highest BCUT2D eigenvalue weighted by Crippen LogP contribution is 2.28. The van der Waals surface area contributed by atoms with Gasteiger partial charge in [0.15, 0.2) is 0 Å². The number of carbonyl (C=O) groups is 1. The van der Waals surface area contributed by atoms with E-state index in [0.29, 0.717) is 6.54 Å². The van der Waals surface area contributed by atoms with E-state index in [1.165, 1.54) is 0 Å². The van der Waals surface area contributed by atoms with Crippen LogP contribution >= 0.6 is 0 Å². The van der Waals surface area contributed by atoms with E-state index in [0.717, 1.165) is 27.6 Å². The molecule has 0 saturated heterocycles. The molecule has 2 heteroatoms. The van der Waals surface area contributed by atoms with Gasteiger partial charge in [0.25, 0.3) is 0 Å². The molecule has 0 spiro atoms. The lowest BCUT2D eigenvalue weighted by Crippen LogP contribution is -2.29. The van der Waals surface area contributed by atoms with Crippen molar-refractivity contribution in [3.05, 3.63) is 114 Å². The largest absolute Gasteiger partial charge is 0.303 e. The van der Waals surface area contributed by atoms with E-state index < -0.39 is 0 Å². The van der Waals surface area contributed by atoms with Gasteiger partial charge in [0.2, 0.25) is 0 Å². The van der Waals surface area contributed by atoms with Gasteiger partial charge in [-0.1, -0.05) is 90.8 Å². The molecule has 4 aromatic rings. The number of amides is 1. The van der Waals surface area contributed by atoms with Gasteiger partial charge in [0.1, 0.15) is 0 Å². The van der Waals surface area contributed by atoms with Gasteiger partial charge in [-0.05, 0) is 29.1 Å². The van der Waals surface area contributed by atoms with Gasteiger partial charge in [0, 0.05) is 16.9 Å². The van der Waals surface area contributed by atoms with E-state index in [4.69, 9.17) is 0 Å². The standard InChI is InChI=1S/C26H19NO/c28-26(19-18-21-10-3-1-4-11-21)27(20-22-12-5-2-6-13-22)25-17-9-15-23-14-7-8-16-24(23)25/h1-17H,20H2. The van der Waals surface area contributed by atoms with Crippen molar-refractivity contribution in [1.29, 1.82) is 0 Å². The van der Waals surface area contributed by atoms with Crippen LogP contribution in [-0.2, 0) is 11.3 Å². The van der Waals surface area contributed by atoms with E-state index >= 15 is 0 Å². The first-order valence-electron chi connectivity index (χ1n) is 9.21. The van der Waals surface area contributed by atoms with E-state index in [-0.39, 0.29) is 5.91 Å². The molecule has 134 valence electrons. The Morgan fingerprint density at radius 2 is 1.36 bits per heavy atom. The van der Waals surface area contributed by atoms with E-state index in [1.807, 2.05) is 91.0 Å². The number of hydrogen-bond acceptors (Lipinski definition) is 1. The van der Waals surface area contributed by atoms with Crippen LogP contribution in [0, 0.1) is 11.8 Å².